The van der Waals surface area contributed by atoms with E-state index in [9.17, 15) is 13.5 Å². The van der Waals surface area contributed by atoms with Crippen molar-refractivity contribution in [2.45, 2.75) is 116 Å². The van der Waals surface area contributed by atoms with Crippen molar-refractivity contribution in [1.29, 1.82) is 0 Å². The van der Waals surface area contributed by atoms with Crippen LogP contribution in [0.2, 0.25) is 0 Å². The van der Waals surface area contributed by atoms with Crippen LogP contribution in [-0.2, 0) is 14.3 Å². The van der Waals surface area contributed by atoms with E-state index in [0.29, 0.717) is 11.0 Å². The summed E-state index contributed by atoms with van der Waals surface area (Å²) in [5, 5.41) is 10.1. The van der Waals surface area contributed by atoms with Crippen molar-refractivity contribution >= 4 is 27.4 Å². The van der Waals surface area contributed by atoms with Gasteiger partial charge in [-0.3, -0.25) is 4.18 Å². The minimum absolute atomic E-state index is 0.127. The fourth-order valence-corrected chi connectivity index (χ4v) is 11.2. The molecule has 1 aromatic rings. The van der Waals surface area contributed by atoms with Crippen LogP contribution in [0, 0.1) is 46.3 Å². The number of allylic oxidation sites excluding steroid dienone is 2. The van der Waals surface area contributed by atoms with Crippen LogP contribution in [0.3, 0.4) is 0 Å². The molecule has 4 aliphatic carbocycles. The van der Waals surface area contributed by atoms with Gasteiger partial charge in [0.15, 0.2) is 5.05 Å². The fourth-order valence-electron chi connectivity index (χ4n) is 10.3. The number of hydrogen-bond donors (Lipinski definition) is 1. The average Bonchev–Trinajstić information content (AvgIpc) is 3.29. The second-order valence-electron chi connectivity index (χ2n) is 14.9. The van der Waals surface area contributed by atoms with E-state index in [4.69, 9.17) is 16.4 Å². The third kappa shape index (κ3) is 5.59. The Morgan fingerprint density at radius 3 is 2.51 bits per heavy atom. The lowest BCUT2D eigenvalue weighted by molar-refractivity contribution is -0.0510. The summed E-state index contributed by atoms with van der Waals surface area (Å²) in [5.41, 5.74) is 3.65. The van der Waals surface area contributed by atoms with Gasteiger partial charge in [0.2, 0.25) is 0 Å². The van der Waals surface area contributed by atoms with Crippen molar-refractivity contribution in [3.05, 3.63) is 41.0 Å². The zero-order valence-electron chi connectivity index (χ0n) is 26.1. The summed E-state index contributed by atoms with van der Waals surface area (Å²) in [4.78, 5) is 0.127. The number of aliphatic hydroxyl groups is 1. The molecular formula is C35H52O4S2. The first kappa shape index (κ1) is 31.2. The Morgan fingerprint density at radius 2 is 1.83 bits per heavy atom. The molecule has 5 rings (SSSR count). The molecule has 4 unspecified atom stereocenters. The summed E-state index contributed by atoms with van der Waals surface area (Å²) < 4.78 is 29.8. The molecule has 3 fully saturated rings. The molecule has 0 spiro atoms. The molecular weight excluding hydrogens is 549 g/mol. The molecule has 1 aromatic carbocycles. The quantitative estimate of drug-likeness (QED) is 0.174. The lowest BCUT2D eigenvalue weighted by atomic mass is 9.46. The van der Waals surface area contributed by atoms with E-state index in [1.165, 1.54) is 64.5 Å². The standard InChI is InChI=1S/C35H52O4S2/c1-22(2)8-7-9-23(3)30-14-15-31-28-12-10-25-20-24(16-18-34(25,4)32(28)17-19-35(30,31)5)29-21-26(41(37,38)39-6)11-13-27(29)33(36)40/h10-11,13,21-24,28,30-32H,7-9,12,14-20H2,1-6H3,(H,36,40)/t23-,24?,28?,30-,31?,32?,34+,35-/m1/s1. The molecule has 0 bridgehead atoms. The first-order valence-electron chi connectivity index (χ1n) is 16.2. The van der Waals surface area contributed by atoms with Crippen LogP contribution in [0.1, 0.15) is 122 Å². The first-order valence-corrected chi connectivity index (χ1v) is 18.0. The summed E-state index contributed by atoms with van der Waals surface area (Å²) in [6.45, 7) is 12.4. The van der Waals surface area contributed by atoms with Crippen molar-refractivity contribution in [3.8, 4) is 0 Å². The van der Waals surface area contributed by atoms with E-state index in [1.54, 1.807) is 17.7 Å². The van der Waals surface area contributed by atoms with Crippen molar-refractivity contribution in [3.63, 3.8) is 0 Å². The van der Waals surface area contributed by atoms with Crippen LogP contribution in [0.15, 0.2) is 34.7 Å². The molecule has 4 nitrogen and oxygen atoms in total. The van der Waals surface area contributed by atoms with Crippen LogP contribution >= 0.6 is 12.2 Å². The fraction of sp³-hybridized carbons (Fsp3) is 0.743. The Bertz CT molecular complexity index is 1280. The van der Waals surface area contributed by atoms with Gasteiger partial charge < -0.3 is 5.11 Å². The van der Waals surface area contributed by atoms with E-state index in [-0.39, 0.29) is 21.3 Å². The van der Waals surface area contributed by atoms with Crippen LogP contribution in [0.25, 0.3) is 0 Å². The normalized spacial score (nSPS) is 35.8. The second-order valence-corrected chi connectivity index (χ2v) is 17.0. The molecule has 0 aliphatic heterocycles. The Morgan fingerprint density at radius 1 is 1.07 bits per heavy atom. The maximum atomic E-state index is 12.5. The predicted molar refractivity (Wildman–Crippen MR) is 171 cm³/mol. The molecule has 3 saturated carbocycles. The maximum absolute atomic E-state index is 12.5. The lowest BCUT2D eigenvalue weighted by Crippen LogP contribution is -2.50. The Hall–Kier alpha value is -1.24. The molecule has 8 atom stereocenters. The smallest absolute Gasteiger partial charge is 0.296 e. The summed E-state index contributed by atoms with van der Waals surface area (Å²) in [6, 6.07) is 4.81. The molecule has 0 aromatic heterocycles. The number of rotatable bonds is 9. The van der Waals surface area contributed by atoms with Crippen LogP contribution < -0.4 is 0 Å². The van der Waals surface area contributed by atoms with Gasteiger partial charge in [0.05, 0.1) is 12.0 Å². The molecule has 41 heavy (non-hydrogen) atoms. The molecule has 1 N–H and O–H groups in total. The first-order chi connectivity index (χ1) is 19.3. The third-order valence-corrected chi connectivity index (χ3v) is 14.0. The SMILES string of the molecule is COS(=O)(=O)c1ccc(C(O)=S)c(C2CC[C@@]3(C)C(=CCC4C3CC[C@@]3(C)C4CC[C@@H]3[C@H](C)CCCC(C)C)C2)c1. The zero-order valence-corrected chi connectivity index (χ0v) is 27.8. The minimum Gasteiger partial charge on any atom is -0.499 e. The van der Waals surface area contributed by atoms with Gasteiger partial charge in [-0.05, 0) is 140 Å². The zero-order chi connectivity index (χ0) is 29.7. The molecule has 4 aliphatic rings. The van der Waals surface area contributed by atoms with E-state index in [0.717, 1.165) is 60.3 Å². The van der Waals surface area contributed by atoms with E-state index < -0.39 is 10.1 Å². The number of thiocarbonyl (C=S) groups is 1. The minimum atomic E-state index is -3.83. The van der Waals surface area contributed by atoms with Gasteiger partial charge in [0, 0.05) is 5.56 Å². The summed E-state index contributed by atoms with van der Waals surface area (Å²) in [6.07, 6.45) is 16.3. The van der Waals surface area contributed by atoms with Gasteiger partial charge in [-0.15, -0.1) is 0 Å². The second kappa shape index (κ2) is 11.7. The number of fused-ring (bicyclic) bond motifs is 5. The van der Waals surface area contributed by atoms with Crippen molar-refractivity contribution in [2.24, 2.45) is 46.3 Å². The average molecular weight is 601 g/mol. The molecule has 0 saturated heterocycles. The summed E-state index contributed by atoms with van der Waals surface area (Å²) in [7, 11) is -2.64. The predicted octanol–water partition coefficient (Wildman–Crippen LogP) is 9.38. The highest BCUT2D eigenvalue weighted by molar-refractivity contribution is 7.86. The topological polar surface area (TPSA) is 63.6 Å². The highest BCUT2D eigenvalue weighted by Gasteiger charge is 2.59. The largest absolute Gasteiger partial charge is 0.499 e. The van der Waals surface area contributed by atoms with Gasteiger partial charge in [-0.1, -0.05) is 65.5 Å². The molecule has 6 heteroatoms. The molecule has 228 valence electrons. The van der Waals surface area contributed by atoms with Gasteiger partial charge in [-0.25, -0.2) is 0 Å². The Balaban J connectivity index is 1.36. The van der Waals surface area contributed by atoms with Gasteiger partial charge >= 0.3 is 0 Å². The Kier molecular flexibility index (Phi) is 8.89. The van der Waals surface area contributed by atoms with Crippen molar-refractivity contribution in [2.75, 3.05) is 7.11 Å². The number of hydrogen-bond acceptors (Lipinski definition) is 4. The number of benzene rings is 1. The lowest BCUT2D eigenvalue weighted by Gasteiger charge is -2.58. The molecule has 0 heterocycles. The highest BCUT2D eigenvalue weighted by Crippen LogP contribution is 2.68. The molecule has 0 amide bonds. The summed E-state index contributed by atoms with van der Waals surface area (Å²) in [5.74, 6) is 4.97. The third-order valence-electron chi connectivity index (χ3n) is 12.5. The Labute approximate surface area is 254 Å². The monoisotopic (exact) mass is 600 g/mol. The van der Waals surface area contributed by atoms with Crippen molar-refractivity contribution < 1.29 is 17.7 Å². The van der Waals surface area contributed by atoms with Crippen LogP contribution in [0.5, 0.6) is 0 Å². The van der Waals surface area contributed by atoms with Gasteiger partial charge in [0.25, 0.3) is 10.1 Å². The van der Waals surface area contributed by atoms with E-state index in [2.05, 4.69) is 40.7 Å². The highest BCUT2D eigenvalue weighted by atomic mass is 32.2. The maximum Gasteiger partial charge on any atom is 0.296 e. The summed E-state index contributed by atoms with van der Waals surface area (Å²) >= 11 is 5.17. The number of aliphatic hydroxyl groups excluding tert-OH is 1. The van der Waals surface area contributed by atoms with Crippen LogP contribution in [0.4, 0.5) is 0 Å². The molecule has 0 radical (unpaired) electrons. The van der Waals surface area contributed by atoms with Gasteiger partial charge in [-0.2, -0.15) is 8.42 Å². The van der Waals surface area contributed by atoms with Crippen LogP contribution in [-0.4, -0.2) is 25.7 Å². The van der Waals surface area contributed by atoms with E-state index >= 15 is 0 Å². The van der Waals surface area contributed by atoms with E-state index in [1.807, 2.05) is 0 Å². The van der Waals surface area contributed by atoms with Gasteiger partial charge in [0.1, 0.15) is 0 Å². The van der Waals surface area contributed by atoms with Crippen molar-refractivity contribution in [1.82, 2.24) is 0 Å².